The van der Waals surface area contributed by atoms with Gasteiger partial charge in [0.15, 0.2) is 0 Å². The van der Waals surface area contributed by atoms with Gasteiger partial charge in [0.05, 0.1) is 22.1 Å². The second-order valence-electron chi connectivity index (χ2n) is 6.99. The maximum atomic E-state index is 5.95. The van der Waals surface area contributed by atoms with Gasteiger partial charge >= 0.3 is 0 Å². The zero-order valence-corrected chi connectivity index (χ0v) is 16.1. The van der Waals surface area contributed by atoms with Gasteiger partial charge in [-0.05, 0) is 66.8 Å². The van der Waals surface area contributed by atoms with E-state index in [0.717, 1.165) is 29.0 Å². The van der Waals surface area contributed by atoms with Crippen LogP contribution >= 0.6 is 12.2 Å². The van der Waals surface area contributed by atoms with E-state index in [1.807, 2.05) is 22.8 Å². The molecule has 1 aliphatic rings. The average molecular weight is 372 g/mol. The summed E-state index contributed by atoms with van der Waals surface area (Å²) in [5.41, 5.74) is 5.37. The van der Waals surface area contributed by atoms with Crippen molar-refractivity contribution in [2.45, 2.75) is 31.7 Å². The number of aromatic nitrogens is 1. The van der Waals surface area contributed by atoms with Crippen LogP contribution in [-0.4, -0.2) is 22.3 Å². The monoisotopic (exact) mass is 371 g/mol. The molecule has 4 heteroatoms. The number of hydrogen-bond donors (Lipinski definition) is 1. The van der Waals surface area contributed by atoms with Crippen molar-refractivity contribution in [3.8, 4) is 23.7 Å². The van der Waals surface area contributed by atoms with Crippen molar-refractivity contribution >= 4 is 34.0 Å². The third-order valence-electron chi connectivity index (χ3n) is 5.52. The highest BCUT2D eigenvalue weighted by Crippen LogP contribution is 2.40. The number of fused-ring (bicyclic) bond motifs is 1. The summed E-state index contributed by atoms with van der Waals surface area (Å²) in [6.07, 6.45) is 8.37. The Hall–Kier alpha value is -2.70. The number of nitrogens with zero attached hydrogens (tertiary/aromatic N) is 2. The van der Waals surface area contributed by atoms with Crippen LogP contribution in [0.25, 0.3) is 22.2 Å². The number of benzene rings is 2. The van der Waals surface area contributed by atoms with Gasteiger partial charge in [0, 0.05) is 17.5 Å². The molecule has 1 N–H and O–H groups in total. The quantitative estimate of drug-likeness (QED) is 0.381. The summed E-state index contributed by atoms with van der Waals surface area (Å²) in [6, 6.07) is 19.8. The molecule has 1 aliphatic heterocycles. The lowest BCUT2D eigenvalue weighted by molar-refractivity contribution is 0.520. The van der Waals surface area contributed by atoms with Gasteiger partial charge < -0.3 is 5.32 Å². The van der Waals surface area contributed by atoms with Crippen LogP contribution in [0.4, 0.5) is 5.69 Å². The molecule has 3 aromatic rings. The van der Waals surface area contributed by atoms with E-state index in [2.05, 4.69) is 58.8 Å². The molecule has 1 fully saturated rings. The number of para-hydroxylation sites is 1. The number of aliphatic imine (C=N–C) groups is 1. The summed E-state index contributed by atoms with van der Waals surface area (Å²) in [4.78, 5) is 4.06. The van der Waals surface area contributed by atoms with Crippen molar-refractivity contribution in [2.24, 2.45) is 4.99 Å². The van der Waals surface area contributed by atoms with Crippen LogP contribution < -0.4 is 5.32 Å². The molecule has 27 heavy (non-hydrogen) atoms. The summed E-state index contributed by atoms with van der Waals surface area (Å²) in [5, 5.41) is 7.30. The lowest BCUT2D eigenvalue weighted by Gasteiger charge is -2.21. The zero-order valence-electron chi connectivity index (χ0n) is 15.3. The largest absolute Gasteiger partial charge is 0.313 e. The number of nitrogens with one attached hydrogen (secondary N) is 1. The van der Waals surface area contributed by atoms with Crippen molar-refractivity contribution in [1.82, 2.24) is 9.88 Å². The predicted octanol–water partition coefficient (Wildman–Crippen LogP) is 5.34. The second kappa shape index (κ2) is 7.50. The van der Waals surface area contributed by atoms with Crippen LogP contribution in [0.15, 0.2) is 53.5 Å². The van der Waals surface area contributed by atoms with E-state index in [1.165, 1.54) is 23.8 Å². The molecule has 2 atom stereocenters. The molecule has 2 aromatic carbocycles. The van der Waals surface area contributed by atoms with Gasteiger partial charge in [-0.1, -0.05) is 43.7 Å². The normalized spacial score (nSPS) is 17.4. The number of hydrogen-bond acceptors (Lipinski definition) is 3. The minimum atomic E-state index is 0.362. The Bertz CT molecular complexity index is 1060. The van der Waals surface area contributed by atoms with Crippen molar-refractivity contribution < 1.29 is 0 Å². The molecule has 0 aliphatic carbocycles. The van der Waals surface area contributed by atoms with E-state index in [-0.39, 0.29) is 0 Å². The van der Waals surface area contributed by atoms with Crippen LogP contribution in [-0.2, 0) is 0 Å². The molecule has 0 spiro atoms. The van der Waals surface area contributed by atoms with Crippen molar-refractivity contribution in [3.05, 3.63) is 54.1 Å². The number of thiocarbonyl (C=S) groups is 1. The van der Waals surface area contributed by atoms with Crippen molar-refractivity contribution in [2.75, 3.05) is 6.54 Å². The maximum absolute atomic E-state index is 5.95. The molecule has 0 amide bonds. The molecular weight excluding hydrogens is 350 g/mol. The summed E-state index contributed by atoms with van der Waals surface area (Å²) in [7, 11) is 0. The highest BCUT2D eigenvalue weighted by atomic mass is 32.1. The third kappa shape index (κ3) is 3.11. The van der Waals surface area contributed by atoms with Crippen molar-refractivity contribution in [3.63, 3.8) is 0 Å². The molecule has 4 rings (SSSR count). The number of terminal acetylenes is 1. The molecule has 3 nitrogen and oxygen atoms in total. The van der Waals surface area contributed by atoms with E-state index in [4.69, 9.17) is 18.6 Å². The Morgan fingerprint density at radius 1 is 1.22 bits per heavy atom. The molecule has 134 valence electrons. The van der Waals surface area contributed by atoms with Gasteiger partial charge in [-0.25, -0.2) is 0 Å². The summed E-state index contributed by atoms with van der Waals surface area (Å²) >= 11 is 4.71. The van der Waals surface area contributed by atoms with Crippen LogP contribution in [0.5, 0.6) is 0 Å². The molecule has 0 bridgehead atoms. The molecule has 2 unspecified atom stereocenters. The van der Waals surface area contributed by atoms with Crippen LogP contribution in [0.2, 0.25) is 0 Å². The Balaban J connectivity index is 1.96. The smallest absolute Gasteiger partial charge is 0.0740 e. The summed E-state index contributed by atoms with van der Waals surface area (Å²) in [5.74, 6) is 0.362. The van der Waals surface area contributed by atoms with E-state index >= 15 is 0 Å². The average Bonchev–Trinajstić information content (AvgIpc) is 3.34. The maximum Gasteiger partial charge on any atom is 0.0740 e. The van der Waals surface area contributed by atoms with E-state index in [1.54, 1.807) is 0 Å². The third-order valence-corrected chi connectivity index (χ3v) is 5.61. The van der Waals surface area contributed by atoms with Gasteiger partial charge in [-0.2, -0.15) is 4.99 Å². The molecule has 1 saturated heterocycles. The Morgan fingerprint density at radius 2 is 2.00 bits per heavy atom. The minimum Gasteiger partial charge on any atom is -0.313 e. The highest BCUT2D eigenvalue weighted by Gasteiger charge is 2.29. The first-order valence-corrected chi connectivity index (χ1v) is 9.67. The first-order chi connectivity index (χ1) is 13.2. The van der Waals surface area contributed by atoms with Crippen LogP contribution in [0, 0.1) is 12.5 Å². The van der Waals surface area contributed by atoms with Gasteiger partial charge in [0.2, 0.25) is 0 Å². The zero-order chi connectivity index (χ0) is 18.8. The lowest BCUT2D eigenvalue weighted by Crippen LogP contribution is -2.27. The fraction of sp³-hybridized carbons (Fsp3) is 0.261. The topological polar surface area (TPSA) is 29.3 Å². The lowest BCUT2D eigenvalue weighted by atomic mass is 9.88. The highest BCUT2D eigenvalue weighted by molar-refractivity contribution is 7.78. The van der Waals surface area contributed by atoms with Crippen LogP contribution in [0.1, 0.15) is 31.2 Å². The molecule has 1 aromatic heterocycles. The molecule has 2 heterocycles. The summed E-state index contributed by atoms with van der Waals surface area (Å²) in [6.45, 7) is 3.39. The predicted molar refractivity (Wildman–Crippen MR) is 116 cm³/mol. The van der Waals surface area contributed by atoms with E-state index in [9.17, 15) is 0 Å². The van der Waals surface area contributed by atoms with Crippen LogP contribution in [0.3, 0.4) is 0 Å². The van der Waals surface area contributed by atoms with Crippen molar-refractivity contribution in [1.29, 1.82) is 0 Å². The Labute approximate surface area is 165 Å². The standard InChI is InChI=1S/C23H21N3S/c1-3-26-21-9-5-4-7-19(21)22(16(2)20-8-6-14-24-20)23(26)17-10-12-18(13-11-17)25-15-27/h1,4-5,7,9-13,16,20,24H,6,8,14H2,2H3. The fourth-order valence-electron chi connectivity index (χ4n) is 4.23. The van der Waals surface area contributed by atoms with Gasteiger partial charge in [-0.3, -0.25) is 4.57 Å². The molecular formula is C23H21N3S. The van der Waals surface area contributed by atoms with Gasteiger partial charge in [0.1, 0.15) is 0 Å². The first-order valence-electron chi connectivity index (χ1n) is 9.26. The second-order valence-corrected chi connectivity index (χ2v) is 7.17. The van der Waals surface area contributed by atoms with E-state index < -0.39 is 0 Å². The molecule has 0 saturated carbocycles. The van der Waals surface area contributed by atoms with Gasteiger partial charge in [-0.15, -0.1) is 0 Å². The number of rotatable bonds is 4. The number of isothiocyanates is 1. The summed E-state index contributed by atoms with van der Waals surface area (Å²) < 4.78 is 1.98. The fourth-order valence-corrected chi connectivity index (χ4v) is 4.34. The first kappa shape index (κ1) is 17.7. The van der Waals surface area contributed by atoms with Gasteiger partial charge in [0.25, 0.3) is 0 Å². The Kier molecular flexibility index (Phi) is 4.92. The van der Waals surface area contributed by atoms with E-state index in [0.29, 0.717) is 12.0 Å². The SMILES string of the molecule is C#Cn1c(-c2ccc(N=C=S)cc2)c(C(C)C2CCCN2)c2ccccc21. The Morgan fingerprint density at radius 3 is 2.67 bits per heavy atom. The molecule has 0 radical (unpaired) electrons. The minimum absolute atomic E-state index is 0.362.